The zero-order chi connectivity index (χ0) is 14.3. The minimum absolute atomic E-state index is 0.0716. The van der Waals surface area contributed by atoms with Crippen molar-refractivity contribution in [2.75, 3.05) is 25.5 Å². The molecule has 0 bridgehead atoms. The summed E-state index contributed by atoms with van der Waals surface area (Å²) >= 11 is 0. The Morgan fingerprint density at radius 2 is 2.00 bits per heavy atom. The zero-order valence-corrected chi connectivity index (χ0v) is 12.0. The molecular formula is C12H18N4O3S. The van der Waals surface area contributed by atoms with E-state index in [2.05, 4.69) is 15.3 Å². The molecular weight excluding hydrogens is 280 g/mol. The molecule has 3 rings (SSSR count). The van der Waals surface area contributed by atoms with Crippen molar-refractivity contribution >= 4 is 16.0 Å². The molecule has 20 heavy (non-hydrogen) atoms. The van der Waals surface area contributed by atoms with Gasteiger partial charge >= 0.3 is 0 Å². The number of rotatable bonds is 3. The summed E-state index contributed by atoms with van der Waals surface area (Å²) in [5.41, 5.74) is 0. The Morgan fingerprint density at radius 1 is 1.30 bits per heavy atom. The van der Waals surface area contributed by atoms with E-state index in [-0.39, 0.29) is 22.8 Å². The van der Waals surface area contributed by atoms with Crippen molar-refractivity contribution in [1.82, 2.24) is 14.3 Å². The van der Waals surface area contributed by atoms with Crippen LogP contribution in [0.2, 0.25) is 0 Å². The smallest absolute Gasteiger partial charge is 0.246 e. The summed E-state index contributed by atoms with van der Waals surface area (Å²) in [4.78, 5) is 7.99. The molecule has 1 aliphatic carbocycles. The van der Waals surface area contributed by atoms with E-state index in [0.29, 0.717) is 19.0 Å². The topological polar surface area (TPSA) is 95.4 Å². The quantitative estimate of drug-likeness (QED) is 0.810. The fourth-order valence-electron chi connectivity index (χ4n) is 3.12. The molecule has 110 valence electrons. The molecule has 8 heteroatoms. The van der Waals surface area contributed by atoms with Gasteiger partial charge in [-0.15, -0.1) is 0 Å². The Morgan fingerprint density at radius 3 is 2.60 bits per heavy atom. The van der Waals surface area contributed by atoms with Crippen LogP contribution in [-0.2, 0) is 10.0 Å². The molecule has 2 fully saturated rings. The summed E-state index contributed by atoms with van der Waals surface area (Å²) in [7, 11) is -1.89. The van der Waals surface area contributed by atoms with Gasteiger partial charge < -0.3 is 10.4 Å². The van der Waals surface area contributed by atoms with Crippen molar-refractivity contribution in [3.05, 3.63) is 12.4 Å². The summed E-state index contributed by atoms with van der Waals surface area (Å²) in [6.07, 6.45) is 3.94. The van der Waals surface area contributed by atoms with Gasteiger partial charge in [-0.3, -0.25) is 0 Å². The molecule has 7 nitrogen and oxygen atoms in total. The maximum Gasteiger partial charge on any atom is 0.246 e. The number of sulfonamides is 1. The van der Waals surface area contributed by atoms with Crippen LogP contribution >= 0.6 is 0 Å². The number of aromatic nitrogens is 2. The number of hydrogen-bond donors (Lipinski definition) is 2. The van der Waals surface area contributed by atoms with E-state index in [0.717, 1.165) is 12.8 Å². The Hall–Kier alpha value is -1.25. The van der Waals surface area contributed by atoms with Gasteiger partial charge in [0.2, 0.25) is 16.0 Å². The van der Waals surface area contributed by atoms with Gasteiger partial charge in [-0.2, -0.15) is 4.31 Å². The first-order valence-corrected chi connectivity index (χ1v) is 8.14. The lowest BCUT2D eigenvalue weighted by molar-refractivity contribution is 0.129. The Kier molecular flexibility index (Phi) is 3.39. The van der Waals surface area contributed by atoms with Gasteiger partial charge in [0.05, 0.1) is 18.5 Å². The average molecular weight is 298 g/mol. The number of nitrogens with zero attached hydrogens (tertiary/aromatic N) is 3. The second-order valence-corrected chi connectivity index (χ2v) is 7.32. The number of aliphatic hydroxyl groups is 1. The van der Waals surface area contributed by atoms with Gasteiger partial charge in [0.1, 0.15) is 4.90 Å². The number of anilines is 1. The van der Waals surface area contributed by atoms with E-state index >= 15 is 0 Å². The lowest BCUT2D eigenvalue weighted by Crippen LogP contribution is -2.31. The van der Waals surface area contributed by atoms with Gasteiger partial charge in [0.15, 0.2) is 0 Å². The van der Waals surface area contributed by atoms with Crippen LogP contribution in [0.25, 0.3) is 0 Å². The van der Waals surface area contributed by atoms with Crippen molar-refractivity contribution < 1.29 is 13.5 Å². The third-order valence-electron chi connectivity index (χ3n) is 4.28. The highest BCUT2D eigenvalue weighted by Gasteiger charge is 2.45. The van der Waals surface area contributed by atoms with Gasteiger partial charge in [-0.1, -0.05) is 0 Å². The van der Waals surface area contributed by atoms with Crippen LogP contribution in [0.5, 0.6) is 0 Å². The monoisotopic (exact) mass is 298 g/mol. The number of aliphatic hydroxyl groups excluding tert-OH is 1. The SMILES string of the molecule is CNc1ncc(S(=O)(=O)N2CC3CCC(O)C3C2)cn1. The summed E-state index contributed by atoms with van der Waals surface area (Å²) in [5, 5.41) is 12.6. The molecule has 1 saturated carbocycles. The highest BCUT2D eigenvalue weighted by molar-refractivity contribution is 7.89. The molecule has 2 heterocycles. The first-order valence-electron chi connectivity index (χ1n) is 6.70. The molecule has 0 amide bonds. The molecule has 1 aromatic heterocycles. The summed E-state index contributed by atoms with van der Waals surface area (Å²) in [6, 6.07) is 0. The van der Waals surface area contributed by atoms with Gasteiger partial charge in [0, 0.05) is 26.1 Å². The van der Waals surface area contributed by atoms with Crippen LogP contribution < -0.4 is 5.32 Å². The van der Waals surface area contributed by atoms with Crippen LogP contribution in [0.4, 0.5) is 5.95 Å². The van der Waals surface area contributed by atoms with Crippen molar-refractivity contribution in [2.45, 2.75) is 23.8 Å². The van der Waals surface area contributed by atoms with E-state index < -0.39 is 10.0 Å². The Labute approximate surface area is 118 Å². The van der Waals surface area contributed by atoms with Crippen LogP contribution in [0.1, 0.15) is 12.8 Å². The first-order chi connectivity index (χ1) is 9.52. The Balaban J connectivity index is 1.82. The molecule has 1 saturated heterocycles. The van der Waals surface area contributed by atoms with Crippen LogP contribution in [0.15, 0.2) is 17.3 Å². The molecule has 0 radical (unpaired) electrons. The Bertz CT molecular complexity index is 589. The lowest BCUT2D eigenvalue weighted by Gasteiger charge is -2.18. The largest absolute Gasteiger partial charge is 0.393 e. The third-order valence-corrected chi connectivity index (χ3v) is 6.06. The fraction of sp³-hybridized carbons (Fsp3) is 0.667. The second-order valence-electron chi connectivity index (χ2n) is 5.38. The van der Waals surface area contributed by atoms with E-state index in [1.807, 2.05) is 0 Å². The third kappa shape index (κ3) is 2.17. The zero-order valence-electron chi connectivity index (χ0n) is 11.2. The molecule has 0 spiro atoms. The van der Waals surface area contributed by atoms with E-state index in [1.165, 1.54) is 16.7 Å². The maximum absolute atomic E-state index is 12.5. The minimum atomic E-state index is -3.56. The summed E-state index contributed by atoms with van der Waals surface area (Å²) in [6.45, 7) is 0.875. The molecule has 3 atom stereocenters. The molecule has 2 aliphatic rings. The van der Waals surface area contributed by atoms with Crippen LogP contribution in [0.3, 0.4) is 0 Å². The predicted molar refractivity (Wildman–Crippen MR) is 72.6 cm³/mol. The molecule has 1 aliphatic heterocycles. The molecule has 3 unspecified atom stereocenters. The van der Waals surface area contributed by atoms with Crippen LogP contribution in [-0.4, -0.2) is 54.0 Å². The second kappa shape index (κ2) is 4.94. The average Bonchev–Trinajstić information content (AvgIpc) is 3.02. The highest BCUT2D eigenvalue weighted by Crippen LogP contribution is 2.39. The number of hydrogen-bond acceptors (Lipinski definition) is 6. The summed E-state index contributed by atoms with van der Waals surface area (Å²) < 4.78 is 26.5. The predicted octanol–water partition coefficient (Wildman–Crippen LogP) is -0.0903. The van der Waals surface area contributed by atoms with E-state index in [9.17, 15) is 13.5 Å². The minimum Gasteiger partial charge on any atom is -0.393 e. The van der Waals surface area contributed by atoms with Crippen molar-refractivity contribution in [2.24, 2.45) is 11.8 Å². The van der Waals surface area contributed by atoms with Crippen molar-refractivity contribution in [3.8, 4) is 0 Å². The lowest BCUT2D eigenvalue weighted by atomic mass is 10.00. The molecule has 2 N–H and O–H groups in total. The maximum atomic E-state index is 12.5. The van der Waals surface area contributed by atoms with Crippen LogP contribution in [0, 0.1) is 11.8 Å². The normalized spacial score (nSPS) is 30.4. The number of nitrogens with one attached hydrogen (secondary N) is 1. The van der Waals surface area contributed by atoms with E-state index in [4.69, 9.17) is 0 Å². The first kappa shape index (κ1) is 13.7. The highest BCUT2D eigenvalue weighted by atomic mass is 32.2. The standard InChI is InChI=1S/C12H18N4O3S/c1-13-12-14-4-9(5-15-12)20(18,19)16-6-8-2-3-11(17)10(8)7-16/h4-5,8,10-11,17H,2-3,6-7H2,1H3,(H,13,14,15). The fourth-order valence-corrected chi connectivity index (χ4v) is 4.55. The van der Waals surface area contributed by atoms with Crippen molar-refractivity contribution in [1.29, 1.82) is 0 Å². The van der Waals surface area contributed by atoms with Gasteiger partial charge in [-0.25, -0.2) is 18.4 Å². The molecule has 1 aromatic rings. The van der Waals surface area contributed by atoms with Gasteiger partial charge in [-0.05, 0) is 18.8 Å². The van der Waals surface area contributed by atoms with E-state index in [1.54, 1.807) is 7.05 Å². The number of fused-ring (bicyclic) bond motifs is 1. The molecule has 0 aromatic carbocycles. The van der Waals surface area contributed by atoms with Crippen molar-refractivity contribution in [3.63, 3.8) is 0 Å². The summed E-state index contributed by atoms with van der Waals surface area (Å²) in [5.74, 6) is 0.734. The van der Waals surface area contributed by atoms with Gasteiger partial charge in [0.25, 0.3) is 0 Å².